The molecule has 6 heteroatoms. The summed E-state index contributed by atoms with van der Waals surface area (Å²) in [5.74, 6) is -0.172. The highest BCUT2D eigenvalue weighted by molar-refractivity contribution is 6.33. The zero-order valence-electron chi connectivity index (χ0n) is 14.9. The largest absolute Gasteiger partial charge is 0.371 e. The van der Waals surface area contributed by atoms with Gasteiger partial charge in [-0.1, -0.05) is 60.1 Å². The molecule has 0 unspecified atom stereocenters. The van der Waals surface area contributed by atoms with Crippen molar-refractivity contribution in [3.8, 4) is 11.3 Å². The van der Waals surface area contributed by atoms with Gasteiger partial charge in [-0.3, -0.25) is 9.48 Å². The Morgan fingerprint density at radius 1 is 1.19 bits per heavy atom. The average molecular weight is 382 g/mol. The molecule has 1 aromatic heterocycles. The number of halogens is 1. The summed E-state index contributed by atoms with van der Waals surface area (Å²) in [6.07, 6.45) is 2.35. The van der Waals surface area contributed by atoms with E-state index in [2.05, 4.69) is 10.4 Å². The molecule has 0 radical (unpaired) electrons. The predicted molar refractivity (Wildman–Crippen MR) is 105 cm³/mol. The Kier molecular flexibility index (Phi) is 4.97. The van der Waals surface area contributed by atoms with Gasteiger partial charge < -0.3 is 10.1 Å². The van der Waals surface area contributed by atoms with Gasteiger partial charge in [-0.2, -0.15) is 5.10 Å². The number of carbonyl (C=O) groups is 1. The molecule has 0 aliphatic carbocycles. The van der Waals surface area contributed by atoms with E-state index in [9.17, 15) is 4.79 Å². The molecule has 1 aliphatic rings. The second-order valence-electron chi connectivity index (χ2n) is 6.62. The number of aromatic nitrogens is 2. The number of ether oxygens (including phenoxy) is 1. The van der Waals surface area contributed by atoms with Crippen molar-refractivity contribution in [3.05, 3.63) is 76.9 Å². The van der Waals surface area contributed by atoms with E-state index in [4.69, 9.17) is 16.3 Å². The van der Waals surface area contributed by atoms with Crippen molar-refractivity contribution in [2.75, 3.05) is 6.61 Å². The van der Waals surface area contributed by atoms with Crippen LogP contribution in [0, 0.1) is 0 Å². The third kappa shape index (κ3) is 3.61. The summed E-state index contributed by atoms with van der Waals surface area (Å²) >= 11 is 6.32. The van der Waals surface area contributed by atoms with Crippen molar-refractivity contribution < 1.29 is 9.53 Å². The van der Waals surface area contributed by atoms with Crippen LogP contribution < -0.4 is 5.32 Å². The van der Waals surface area contributed by atoms with Gasteiger partial charge in [0.25, 0.3) is 5.91 Å². The lowest BCUT2D eigenvalue weighted by Crippen LogP contribution is -2.36. The molecule has 1 amide bonds. The zero-order chi connectivity index (χ0) is 18.8. The first-order chi connectivity index (χ1) is 13.1. The van der Waals surface area contributed by atoms with Crippen molar-refractivity contribution >= 4 is 17.5 Å². The van der Waals surface area contributed by atoms with Crippen LogP contribution in [-0.4, -0.2) is 28.3 Å². The summed E-state index contributed by atoms with van der Waals surface area (Å²) in [7, 11) is 1.79. The molecule has 2 heterocycles. The minimum Gasteiger partial charge on any atom is -0.371 e. The molecule has 4 rings (SSSR count). The summed E-state index contributed by atoms with van der Waals surface area (Å²) in [5, 5.41) is 8.15. The molecule has 0 spiro atoms. The quantitative estimate of drug-likeness (QED) is 0.743. The normalized spacial score (nSPS) is 19.2. The molecule has 1 fully saturated rings. The van der Waals surface area contributed by atoms with Crippen LogP contribution >= 0.6 is 11.6 Å². The summed E-state index contributed by atoms with van der Waals surface area (Å²) < 4.78 is 7.50. The first kappa shape index (κ1) is 17.8. The summed E-state index contributed by atoms with van der Waals surface area (Å²) in [6, 6.07) is 17.3. The van der Waals surface area contributed by atoms with E-state index in [0.29, 0.717) is 22.9 Å². The Balaban J connectivity index is 1.60. The predicted octanol–water partition coefficient (Wildman–Crippen LogP) is 4.00. The lowest BCUT2D eigenvalue weighted by Gasteiger charge is -2.20. The lowest BCUT2D eigenvalue weighted by molar-refractivity contribution is 0.0822. The van der Waals surface area contributed by atoms with Crippen LogP contribution in [0.1, 0.15) is 28.4 Å². The molecule has 2 aromatic carbocycles. The van der Waals surface area contributed by atoms with Crippen LogP contribution in [0.5, 0.6) is 0 Å². The number of hydrogen-bond acceptors (Lipinski definition) is 3. The molecule has 27 heavy (non-hydrogen) atoms. The van der Waals surface area contributed by atoms with E-state index in [1.807, 2.05) is 48.5 Å². The molecule has 2 atom stereocenters. The first-order valence-corrected chi connectivity index (χ1v) is 9.27. The number of hydrogen-bond donors (Lipinski definition) is 1. The van der Waals surface area contributed by atoms with Gasteiger partial charge in [0.05, 0.1) is 16.6 Å². The first-order valence-electron chi connectivity index (χ1n) is 8.89. The molecule has 1 aliphatic heterocycles. The minimum absolute atomic E-state index is 0.0841. The number of amides is 1. The minimum atomic E-state index is -0.172. The van der Waals surface area contributed by atoms with E-state index >= 15 is 0 Å². The fraction of sp³-hybridized carbons (Fsp3) is 0.238. The summed E-state index contributed by atoms with van der Waals surface area (Å²) in [6.45, 7) is 0.620. The van der Waals surface area contributed by atoms with Gasteiger partial charge in [-0.15, -0.1) is 0 Å². The van der Waals surface area contributed by atoms with Gasteiger partial charge >= 0.3 is 0 Å². The fourth-order valence-electron chi connectivity index (χ4n) is 3.46. The van der Waals surface area contributed by atoms with E-state index in [0.717, 1.165) is 17.5 Å². The number of rotatable bonds is 4. The van der Waals surface area contributed by atoms with Crippen molar-refractivity contribution in [2.45, 2.75) is 18.6 Å². The number of nitrogens with one attached hydrogen (secondary N) is 1. The second kappa shape index (κ2) is 7.55. The highest BCUT2D eigenvalue weighted by atomic mass is 35.5. The Bertz CT molecular complexity index is 955. The maximum absolute atomic E-state index is 13.0. The SMILES string of the molecule is Cn1cc(C(=O)N[C@@H]2CCO[C@H]2c2ccccc2)c(-c2ccccc2Cl)n1. The van der Waals surface area contributed by atoms with Gasteiger partial charge in [-0.05, 0) is 18.1 Å². The number of carbonyl (C=O) groups excluding carboxylic acids is 1. The van der Waals surface area contributed by atoms with Crippen LogP contribution in [-0.2, 0) is 11.8 Å². The third-order valence-corrected chi connectivity index (χ3v) is 5.07. The molecule has 5 nitrogen and oxygen atoms in total. The topological polar surface area (TPSA) is 56.2 Å². The van der Waals surface area contributed by atoms with Crippen molar-refractivity contribution in [1.82, 2.24) is 15.1 Å². The van der Waals surface area contributed by atoms with Crippen LogP contribution in [0.2, 0.25) is 5.02 Å². The van der Waals surface area contributed by atoms with Gasteiger partial charge in [0, 0.05) is 25.4 Å². The molecule has 3 aromatic rings. The van der Waals surface area contributed by atoms with E-state index < -0.39 is 0 Å². The molecular formula is C21H20ClN3O2. The van der Waals surface area contributed by atoms with Crippen LogP contribution in [0.4, 0.5) is 0 Å². The van der Waals surface area contributed by atoms with Crippen molar-refractivity contribution in [1.29, 1.82) is 0 Å². The van der Waals surface area contributed by atoms with Gasteiger partial charge in [0.15, 0.2) is 0 Å². The van der Waals surface area contributed by atoms with Crippen molar-refractivity contribution in [2.24, 2.45) is 7.05 Å². The van der Waals surface area contributed by atoms with E-state index in [1.54, 1.807) is 24.0 Å². The summed E-state index contributed by atoms with van der Waals surface area (Å²) in [5.41, 5.74) is 2.89. The Hall–Kier alpha value is -2.63. The lowest BCUT2D eigenvalue weighted by atomic mass is 10.0. The highest BCUT2D eigenvalue weighted by Gasteiger charge is 2.32. The monoisotopic (exact) mass is 381 g/mol. The number of nitrogens with zero attached hydrogens (tertiary/aromatic N) is 2. The van der Waals surface area contributed by atoms with Crippen LogP contribution in [0.15, 0.2) is 60.8 Å². The third-order valence-electron chi connectivity index (χ3n) is 4.74. The molecule has 0 bridgehead atoms. The Morgan fingerprint density at radius 2 is 1.93 bits per heavy atom. The van der Waals surface area contributed by atoms with Crippen molar-refractivity contribution in [3.63, 3.8) is 0 Å². The number of benzene rings is 2. The standard InChI is InChI=1S/C21H20ClN3O2/c1-25-13-16(19(24-25)15-9-5-6-10-17(15)22)21(26)23-18-11-12-27-20(18)14-7-3-2-4-8-14/h2-10,13,18,20H,11-12H2,1H3,(H,23,26)/t18-,20+/m1/s1. The maximum atomic E-state index is 13.0. The highest BCUT2D eigenvalue weighted by Crippen LogP contribution is 2.31. The molecule has 1 N–H and O–H groups in total. The maximum Gasteiger partial charge on any atom is 0.255 e. The smallest absolute Gasteiger partial charge is 0.255 e. The fourth-order valence-corrected chi connectivity index (χ4v) is 3.69. The number of aryl methyl sites for hydroxylation is 1. The zero-order valence-corrected chi connectivity index (χ0v) is 15.7. The molecule has 138 valence electrons. The average Bonchev–Trinajstić information content (AvgIpc) is 3.29. The van der Waals surface area contributed by atoms with Crippen LogP contribution in [0.3, 0.4) is 0 Å². The Labute approximate surface area is 162 Å². The summed E-state index contributed by atoms with van der Waals surface area (Å²) in [4.78, 5) is 13.0. The van der Waals surface area contributed by atoms with Gasteiger partial charge in [0.2, 0.25) is 0 Å². The van der Waals surface area contributed by atoms with E-state index in [-0.39, 0.29) is 18.1 Å². The van der Waals surface area contributed by atoms with Gasteiger partial charge in [-0.25, -0.2) is 0 Å². The Morgan fingerprint density at radius 3 is 2.70 bits per heavy atom. The van der Waals surface area contributed by atoms with E-state index in [1.165, 1.54) is 0 Å². The van der Waals surface area contributed by atoms with Gasteiger partial charge in [0.1, 0.15) is 11.8 Å². The molecular weight excluding hydrogens is 362 g/mol. The molecule has 0 saturated carbocycles. The molecule has 1 saturated heterocycles. The van der Waals surface area contributed by atoms with Crippen LogP contribution in [0.25, 0.3) is 11.3 Å². The second-order valence-corrected chi connectivity index (χ2v) is 7.02.